The predicted octanol–water partition coefficient (Wildman–Crippen LogP) is 17.1. The van der Waals surface area contributed by atoms with Crippen LogP contribution in [0.4, 0.5) is 17.1 Å². The Balaban J connectivity index is 1.06. The SMILES string of the molecule is c1ccc(-c2ccc(N(c3ccc(-c4cccc5c4sc4ccccc45)cc3)c3cccc4c3-c3ccc(-c5ccccc5)cc3-c3cc5ccccc5cc3O4)cc2)cc1. The maximum Gasteiger partial charge on any atom is 0.137 e. The average molecular weight is 796 g/mol. The molecule has 3 heteroatoms. The van der Waals surface area contributed by atoms with Crippen LogP contribution in [0.3, 0.4) is 0 Å². The summed E-state index contributed by atoms with van der Waals surface area (Å²) in [7, 11) is 0. The molecule has 0 saturated heterocycles. The average Bonchev–Trinajstić information content (AvgIpc) is 3.65. The van der Waals surface area contributed by atoms with Gasteiger partial charge in [-0.25, -0.2) is 0 Å². The number of nitrogens with zero attached hydrogens (tertiary/aromatic N) is 1. The fourth-order valence-electron chi connectivity index (χ4n) is 9.12. The molecule has 0 fully saturated rings. The highest BCUT2D eigenvalue weighted by Gasteiger charge is 2.28. The van der Waals surface area contributed by atoms with Gasteiger partial charge in [-0.15, -0.1) is 11.3 Å². The van der Waals surface area contributed by atoms with E-state index in [-0.39, 0.29) is 0 Å². The van der Waals surface area contributed by atoms with Crippen LogP contribution in [0, 0.1) is 0 Å². The number of hydrogen-bond donors (Lipinski definition) is 0. The number of hydrogen-bond acceptors (Lipinski definition) is 3. The van der Waals surface area contributed by atoms with Crippen molar-refractivity contribution in [3.63, 3.8) is 0 Å². The van der Waals surface area contributed by atoms with Crippen LogP contribution in [0.25, 0.3) is 86.6 Å². The van der Waals surface area contributed by atoms with Gasteiger partial charge in [0.05, 0.1) is 5.69 Å². The molecule has 286 valence electrons. The largest absolute Gasteiger partial charge is 0.456 e. The fraction of sp³-hybridized carbons (Fsp3) is 0. The lowest BCUT2D eigenvalue weighted by Gasteiger charge is -2.29. The van der Waals surface area contributed by atoms with E-state index in [1.165, 1.54) is 53.4 Å². The van der Waals surface area contributed by atoms with E-state index in [0.717, 1.165) is 61.8 Å². The van der Waals surface area contributed by atoms with Crippen molar-refractivity contribution in [2.24, 2.45) is 0 Å². The van der Waals surface area contributed by atoms with Gasteiger partial charge >= 0.3 is 0 Å². The molecule has 11 aromatic rings. The first-order chi connectivity index (χ1) is 30.2. The summed E-state index contributed by atoms with van der Waals surface area (Å²) in [5.74, 6) is 1.67. The number of rotatable bonds is 6. The first-order valence-electron chi connectivity index (χ1n) is 20.7. The normalized spacial score (nSPS) is 11.7. The zero-order valence-corrected chi connectivity index (χ0v) is 33.9. The van der Waals surface area contributed by atoms with Crippen LogP contribution in [0.1, 0.15) is 0 Å². The van der Waals surface area contributed by atoms with Gasteiger partial charge in [-0.2, -0.15) is 0 Å². The van der Waals surface area contributed by atoms with Crippen molar-refractivity contribution in [3.8, 4) is 67.1 Å². The second-order valence-electron chi connectivity index (χ2n) is 15.6. The molecule has 0 saturated carbocycles. The van der Waals surface area contributed by atoms with Crippen LogP contribution < -0.4 is 9.64 Å². The van der Waals surface area contributed by atoms with Gasteiger partial charge in [0.1, 0.15) is 11.5 Å². The second-order valence-corrected chi connectivity index (χ2v) is 16.7. The third kappa shape index (κ3) is 6.09. The minimum atomic E-state index is 0.819. The van der Waals surface area contributed by atoms with E-state index in [4.69, 9.17) is 4.74 Å². The summed E-state index contributed by atoms with van der Waals surface area (Å²) in [5, 5.41) is 4.94. The van der Waals surface area contributed by atoms with Gasteiger partial charge in [0.15, 0.2) is 0 Å². The molecular weight excluding hydrogens is 759 g/mol. The van der Waals surface area contributed by atoms with E-state index in [1.807, 2.05) is 11.3 Å². The molecule has 0 unspecified atom stereocenters. The summed E-state index contributed by atoms with van der Waals surface area (Å²) in [6.07, 6.45) is 0. The van der Waals surface area contributed by atoms with E-state index in [1.54, 1.807) is 0 Å². The lowest BCUT2D eigenvalue weighted by Crippen LogP contribution is -2.11. The Kier molecular flexibility index (Phi) is 8.39. The van der Waals surface area contributed by atoms with Gasteiger partial charge in [0, 0.05) is 42.7 Å². The Morgan fingerprint density at radius 3 is 1.69 bits per heavy atom. The highest BCUT2D eigenvalue weighted by Crippen LogP contribution is 2.54. The lowest BCUT2D eigenvalue weighted by molar-refractivity contribution is 0.488. The molecule has 1 aliphatic rings. The van der Waals surface area contributed by atoms with Crippen LogP contribution >= 0.6 is 11.3 Å². The van der Waals surface area contributed by atoms with Crippen molar-refractivity contribution in [1.82, 2.24) is 0 Å². The molecule has 2 heterocycles. The molecule has 10 aromatic carbocycles. The Labute approximate surface area is 358 Å². The smallest absolute Gasteiger partial charge is 0.137 e. The van der Waals surface area contributed by atoms with E-state index in [0.29, 0.717) is 0 Å². The molecule has 2 nitrogen and oxygen atoms in total. The van der Waals surface area contributed by atoms with Gasteiger partial charge in [0.2, 0.25) is 0 Å². The highest BCUT2D eigenvalue weighted by molar-refractivity contribution is 7.26. The minimum absolute atomic E-state index is 0.819. The molecule has 0 atom stereocenters. The third-order valence-electron chi connectivity index (χ3n) is 12.1. The summed E-state index contributed by atoms with van der Waals surface area (Å²) in [6.45, 7) is 0. The molecule has 0 bridgehead atoms. The van der Waals surface area contributed by atoms with Crippen LogP contribution in [-0.2, 0) is 0 Å². The molecule has 0 N–H and O–H groups in total. The summed E-state index contributed by atoms with van der Waals surface area (Å²) in [5.41, 5.74) is 14.7. The summed E-state index contributed by atoms with van der Waals surface area (Å²) < 4.78 is 9.72. The van der Waals surface area contributed by atoms with Crippen molar-refractivity contribution in [2.45, 2.75) is 0 Å². The predicted molar refractivity (Wildman–Crippen MR) is 259 cm³/mol. The lowest BCUT2D eigenvalue weighted by atomic mass is 9.89. The number of anilines is 3. The van der Waals surface area contributed by atoms with Crippen molar-refractivity contribution >= 4 is 59.3 Å². The van der Waals surface area contributed by atoms with Gasteiger partial charge in [-0.05, 0) is 116 Å². The third-order valence-corrected chi connectivity index (χ3v) is 13.3. The zero-order chi connectivity index (χ0) is 40.3. The summed E-state index contributed by atoms with van der Waals surface area (Å²) in [6, 6.07) is 81.1. The number of thiophene rings is 1. The second kappa shape index (κ2) is 14.5. The first kappa shape index (κ1) is 35.2. The number of fused-ring (bicyclic) bond motifs is 9. The molecule has 61 heavy (non-hydrogen) atoms. The van der Waals surface area contributed by atoms with Crippen molar-refractivity contribution < 1.29 is 4.74 Å². The maximum atomic E-state index is 7.10. The number of benzene rings is 10. The van der Waals surface area contributed by atoms with Crippen molar-refractivity contribution in [3.05, 3.63) is 224 Å². The quantitative estimate of drug-likeness (QED) is 0.166. The Morgan fingerprint density at radius 1 is 0.344 bits per heavy atom. The van der Waals surface area contributed by atoms with Crippen LogP contribution in [0.5, 0.6) is 11.5 Å². The standard InChI is InChI=1S/C58H37NOS/c1-3-13-38(14-4-1)40-25-30-45(31-26-40)59(46-32-27-41(28-33-46)47-20-11-21-50-48-19-9-10-24-56(48)61-58(47)50)53-22-12-23-54-57(53)49-34-29-44(39-15-5-2-6-16-39)35-51(49)52-36-42-17-7-8-18-43(42)37-55(52)60-54/h1-37H. The summed E-state index contributed by atoms with van der Waals surface area (Å²) >= 11 is 1.87. The maximum absolute atomic E-state index is 7.10. The monoisotopic (exact) mass is 795 g/mol. The van der Waals surface area contributed by atoms with Crippen LogP contribution in [0.15, 0.2) is 224 Å². The number of ether oxygens (including phenoxy) is 1. The Hall–Kier alpha value is -7.72. The zero-order valence-electron chi connectivity index (χ0n) is 33.1. The minimum Gasteiger partial charge on any atom is -0.456 e. The summed E-state index contributed by atoms with van der Waals surface area (Å²) in [4.78, 5) is 2.39. The van der Waals surface area contributed by atoms with Gasteiger partial charge in [0.25, 0.3) is 0 Å². The fourth-order valence-corrected chi connectivity index (χ4v) is 10.4. The molecular formula is C58H37NOS. The molecule has 12 rings (SSSR count). The van der Waals surface area contributed by atoms with Crippen molar-refractivity contribution in [2.75, 3.05) is 4.90 Å². The van der Waals surface area contributed by atoms with Gasteiger partial charge in [-0.3, -0.25) is 0 Å². The van der Waals surface area contributed by atoms with Crippen molar-refractivity contribution in [1.29, 1.82) is 0 Å². The van der Waals surface area contributed by atoms with Crippen LogP contribution in [0.2, 0.25) is 0 Å². The van der Waals surface area contributed by atoms with E-state index >= 15 is 0 Å². The molecule has 0 radical (unpaired) electrons. The molecule has 1 aromatic heterocycles. The molecule has 0 aliphatic carbocycles. The molecule has 1 aliphatic heterocycles. The Morgan fingerprint density at radius 2 is 0.934 bits per heavy atom. The molecule has 0 spiro atoms. The topological polar surface area (TPSA) is 12.5 Å². The Bertz CT molecular complexity index is 3420. The first-order valence-corrected chi connectivity index (χ1v) is 21.6. The van der Waals surface area contributed by atoms with Gasteiger partial charge < -0.3 is 9.64 Å². The van der Waals surface area contributed by atoms with E-state index in [9.17, 15) is 0 Å². The highest BCUT2D eigenvalue weighted by atomic mass is 32.1. The molecule has 0 amide bonds. The van der Waals surface area contributed by atoms with E-state index in [2.05, 4.69) is 229 Å². The van der Waals surface area contributed by atoms with Gasteiger partial charge in [-0.1, -0.05) is 164 Å². The van der Waals surface area contributed by atoms with Crippen LogP contribution in [-0.4, -0.2) is 0 Å². The van der Waals surface area contributed by atoms with E-state index < -0.39 is 0 Å².